The van der Waals surface area contributed by atoms with Crippen LogP contribution in [0.25, 0.3) is 0 Å². The quantitative estimate of drug-likeness (QED) is 0.924. The maximum Gasteiger partial charge on any atom is 0.228 e. The molecule has 114 valence electrons. The molecule has 0 radical (unpaired) electrons. The molecule has 2 aliphatic rings. The van der Waals surface area contributed by atoms with Crippen molar-refractivity contribution in [3.63, 3.8) is 0 Å². The van der Waals surface area contributed by atoms with Crippen molar-refractivity contribution in [2.24, 2.45) is 5.92 Å². The van der Waals surface area contributed by atoms with Crippen molar-refractivity contribution in [3.05, 3.63) is 35.9 Å². The average molecular weight is 288 g/mol. The van der Waals surface area contributed by atoms with Gasteiger partial charge in [0.05, 0.1) is 12.0 Å². The van der Waals surface area contributed by atoms with Crippen LogP contribution in [0.5, 0.6) is 0 Å². The molecule has 21 heavy (non-hydrogen) atoms. The molecule has 4 nitrogen and oxygen atoms in total. The van der Waals surface area contributed by atoms with E-state index in [1.165, 1.54) is 0 Å². The summed E-state index contributed by atoms with van der Waals surface area (Å²) in [6, 6.07) is 10.6. The summed E-state index contributed by atoms with van der Waals surface area (Å²) in [5.74, 6) is 0.234. The summed E-state index contributed by atoms with van der Waals surface area (Å²) in [6.45, 7) is 2.44. The number of nitrogens with one attached hydrogen (secondary N) is 1. The molecule has 1 aromatic carbocycles. The molecule has 2 fully saturated rings. The Morgan fingerprint density at radius 3 is 2.81 bits per heavy atom. The van der Waals surface area contributed by atoms with Gasteiger partial charge in [0.1, 0.15) is 0 Å². The Morgan fingerprint density at radius 2 is 2.10 bits per heavy atom. The van der Waals surface area contributed by atoms with E-state index in [4.69, 9.17) is 4.74 Å². The first-order chi connectivity index (χ1) is 10.3. The Hall–Kier alpha value is -1.39. The van der Waals surface area contributed by atoms with Gasteiger partial charge in [-0.05, 0) is 31.9 Å². The van der Waals surface area contributed by atoms with Gasteiger partial charge >= 0.3 is 0 Å². The zero-order valence-electron chi connectivity index (χ0n) is 12.6. The molecule has 3 rings (SSSR count). The minimum absolute atomic E-state index is 0.0308. The van der Waals surface area contributed by atoms with E-state index in [0.29, 0.717) is 6.04 Å². The van der Waals surface area contributed by atoms with Crippen LogP contribution < -0.4 is 5.32 Å². The van der Waals surface area contributed by atoms with Gasteiger partial charge in [0.15, 0.2) is 0 Å². The normalized spacial score (nSPS) is 29.6. The first-order valence-electron chi connectivity index (χ1n) is 7.92. The molecule has 1 amide bonds. The molecule has 0 spiro atoms. The lowest BCUT2D eigenvalue weighted by Gasteiger charge is -2.33. The molecule has 0 aliphatic carbocycles. The van der Waals surface area contributed by atoms with Crippen LogP contribution in [-0.4, -0.2) is 43.6 Å². The van der Waals surface area contributed by atoms with Crippen molar-refractivity contribution >= 4 is 5.91 Å². The number of amides is 1. The number of ether oxygens (including phenoxy) is 1. The number of likely N-dealkylation sites (N-methyl/N-ethyl adjacent to an activating group) is 1. The molecule has 4 heteroatoms. The van der Waals surface area contributed by atoms with Crippen LogP contribution in [0.15, 0.2) is 30.3 Å². The Kier molecular flexibility index (Phi) is 4.56. The smallest absolute Gasteiger partial charge is 0.228 e. The number of hydrogen-bond acceptors (Lipinski definition) is 3. The van der Waals surface area contributed by atoms with E-state index in [1.54, 1.807) is 0 Å². The van der Waals surface area contributed by atoms with Gasteiger partial charge < -0.3 is 15.0 Å². The largest absolute Gasteiger partial charge is 0.373 e. The SMILES string of the molecule is CNC1CCN(C(=O)C2CCCOC2c2ccccc2)C1. The lowest BCUT2D eigenvalue weighted by atomic mass is 9.88. The van der Waals surface area contributed by atoms with Crippen LogP contribution in [0.4, 0.5) is 0 Å². The molecule has 1 N–H and O–H groups in total. The molecule has 0 bridgehead atoms. The number of carbonyl (C=O) groups excluding carboxylic acids is 1. The predicted octanol–water partition coefficient (Wildman–Crippen LogP) is 1.97. The lowest BCUT2D eigenvalue weighted by Crippen LogP contribution is -2.41. The second-order valence-corrected chi connectivity index (χ2v) is 6.01. The maximum atomic E-state index is 12.9. The van der Waals surface area contributed by atoms with Gasteiger partial charge in [0.2, 0.25) is 5.91 Å². The van der Waals surface area contributed by atoms with Crippen LogP contribution in [0, 0.1) is 5.92 Å². The third kappa shape index (κ3) is 3.11. The number of carbonyl (C=O) groups is 1. The van der Waals surface area contributed by atoms with Crippen molar-refractivity contribution in [1.29, 1.82) is 0 Å². The third-order valence-electron chi connectivity index (χ3n) is 4.68. The fourth-order valence-corrected chi connectivity index (χ4v) is 3.44. The molecule has 2 heterocycles. The fraction of sp³-hybridized carbons (Fsp3) is 0.588. The van der Waals surface area contributed by atoms with Gasteiger partial charge in [-0.3, -0.25) is 4.79 Å². The van der Waals surface area contributed by atoms with Gasteiger partial charge in [-0.15, -0.1) is 0 Å². The molecule has 3 unspecified atom stereocenters. The van der Waals surface area contributed by atoms with Gasteiger partial charge in [0.25, 0.3) is 0 Å². The zero-order valence-corrected chi connectivity index (χ0v) is 12.6. The summed E-state index contributed by atoms with van der Waals surface area (Å²) in [7, 11) is 1.97. The standard InChI is InChI=1S/C17H24N2O2/c1-18-14-9-10-19(12-14)17(20)15-8-5-11-21-16(15)13-6-3-2-4-7-13/h2-4,6-7,14-16,18H,5,8-12H2,1H3. The Bertz CT molecular complexity index is 477. The predicted molar refractivity (Wildman–Crippen MR) is 81.9 cm³/mol. The topological polar surface area (TPSA) is 41.6 Å². The second-order valence-electron chi connectivity index (χ2n) is 6.01. The summed E-state index contributed by atoms with van der Waals surface area (Å²) in [5.41, 5.74) is 1.12. The highest BCUT2D eigenvalue weighted by atomic mass is 16.5. The van der Waals surface area contributed by atoms with Gasteiger partial charge in [0, 0.05) is 25.7 Å². The molecular weight excluding hydrogens is 264 g/mol. The number of benzene rings is 1. The minimum atomic E-state index is -0.0823. The second kappa shape index (κ2) is 6.58. The Morgan fingerprint density at radius 1 is 1.29 bits per heavy atom. The Balaban J connectivity index is 1.74. The summed E-state index contributed by atoms with van der Waals surface area (Å²) in [6.07, 6.45) is 2.87. The van der Waals surface area contributed by atoms with Crippen LogP contribution in [0.2, 0.25) is 0 Å². The molecule has 2 saturated heterocycles. The van der Waals surface area contributed by atoms with E-state index in [9.17, 15) is 4.79 Å². The maximum absolute atomic E-state index is 12.9. The van der Waals surface area contributed by atoms with E-state index < -0.39 is 0 Å². The van der Waals surface area contributed by atoms with E-state index in [0.717, 1.165) is 44.5 Å². The van der Waals surface area contributed by atoms with Crippen molar-refractivity contribution in [2.75, 3.05) is 26.7 Å². The van der Waals surface area contributed by atoms with Gasteiger partial charge in [-0.2, -0.15) is 0 Å². The van der Waals surface area contributed by atoms with Crippen molar-refractivity contribution < 1.29 is 9.53 Å². The zero-order chi connectivity index (χ0) is 14.7. The van der Waals surface area contributed by atoms with Crippen molar-refractivity contribution in [1.82, 2.24) is 10.2 Å². The first kappa shape index (κ1) is 14.5. The number of rotatable bonds is 3. The molecule has 1 aromatic rings. The van der Waals surface area contributed by atoms with Crippen LogP contribution in [-0.2, 0) is 9.53 Å². The van der Waals surface area contributed by atoms with Gasteiger partial charge in [-0.25, -0.2) is 0 Å². The van der Waals surface area contributed by atoms with Crippen LogP contribution >= 0.6 is 0 Å². The van der Waals surface area contributed by atoms with Crippen LogP contribution in [0.1, 0.15) is 30.9 Å². The molecule has 2 aliphatic heterocycles. The van der Waals surface area contributed by atoms with E-state index in [-0.39, 0.29) is 17.9 Å². The number of likely N-dealkylation sites (tertiary alicyclic amines) is 1. The monoisotopic (exact) mass is 288 g/mol. The number of hydrogen-bond donors (Lipinski definition) is 1. The Labute approximate surface area is 126 Å². The summed E-state index contributed by atoms with van der Waals surface area (Å²) in [4.78, 5) is 14.9. The summed E-state index contributed by atoms with van der Waals surface area (Å²) >= 11 is 0. The highest BCUT2D eigenvalue weighted by Gasteiger charge is 2.37. The first-order valence-corrected chi connectivity index (χ1v) is 7.92. The third-order valence-corrected chi connectivity index (χ3v) is 4.68. The fourth-order valence-electron chi connectivity index (χ4n) is 3.44. The molecule has 0 aromatic heterocycles. The lowest BCUT2D eigenvalue weighted by molar-refractivity contribution is -0.144. The highest BCUT2D eigenvalue weighted by molar-refractivity contribution is 5.80. The van der Waals surface area contributed by atoms with Gasteiger partial charge in [-0.1, -0.05) is 30.3 Å². The minimum Gasteiger partial charge on any atom is -0.373 e. The molecule has 3 atom stereocenters. The van der Waals surface area contributed by atoms with E-state index in [1.807, 2.05) is 30.1 Å². The van der Waals surface area contributed by atoms with Crippen molar-refractivity contribution in [2.45, 2.75) is 31.4 Å². The summed E-state index contributed by atoms with van der Waals surface area (Å²) < 4.78 is 5.95. The summed E-state index contributed by atoms with van der Waals surface area (Å²) in [5, 5.41) is 3.27. The van der Waals surface area contributed by atoms with Crippen LogP contribution in [0.3, 0.4) is 0 Å². The average Bonchev–Trinajstić information content (AvgIpc) is 3.04. The highest BCUT2D eigenvalue weighted by Crippen LogP contribution is 2.35. The van der Waals surface area contributed by atoms with E-state index in [2.05, 4.69) is 17.4 Å². The van der Waals surface area contributed by atoms with E-state index >= 15 is 0 Å². The van der Waals surface area contributed by atoms with Crippen molar-refractivity contribution in [3.8, 4) is 0 Å². The molecular formula is C17H24N2O2. The number of nitrogens with zero attached hydrogens (tertiary/aromatic N) is 1. The molecule has 0 saturated carbocycles.